The van der Waals surface area contributed by atoms with Gasteiger partial charge in [0.2, 0.25) is 17.7 Å². The van der Waals surface area contributed by atoms with Gasteiger partial charge in [0.15, 0.2) is 0 Å². The van der Waals surface area contributed by atoms with Gasteiger partial charge in [-0.25, -0.2) is 14.6 Å². The van der Waals surface area contributed by atoms with Crippen molar-refractivity contribution in [2.75, 3.05) is 13.2 Å². The lowest BCUT2D eigenvalue weighted by Crippen LogP contribution is -2.56. The van der Waals surface area contributed by atoms with Gasteiger partial charge in [-0.3, -0.25) is 9.59 Å². The molecule has 1 aliphatic carbocycles. The lowest BCUT2D eigenvalue weighted by molar-refractivity contribution is -0.145. The van der Waals surface area contributed by atoms with Crippen LogP contribution in [0.5, 0.6) is 5.88 Å². The van der Waals surface area contributed by atoms with Gasteiger partial charge in [-0.1, -0.05) is 50.1 Å². The predicted octanol–water partition coefficient (Wildman–Crippen LogP) is 3.82. The van der Waals surface area contributed by atoms with Gasteiger partial charge in [0, 0.05) is 23.9 Å². The quantitative estimate of drug-likeness (QED) is 0.413. The van der Waals surface area contributed by atoms with Gasteiger partial charge in [0.25, 0.3) is 0 Å². The number of rotatable bonds is 7. The summed E-state index contributed by atoms with van der Waals surface area (Å²) < 4.78 is 11.7. The average molecular weight is 591 g/mol. The van der Waals surface area contributed by atoms with Crippen molar-refractivity contribution in [1.82, 2.24) is 20.5 Å². The predicted molar refractivity (Wildman–Crippen MR) is 159 cm³/mol. The van der Waals surface area contributed by atoms with Gasteiger partial charge < -0.3 is 30.1 Å². The number of carbonyl (C=O) groups is 4. The molecule has 11 heteroatoms. The van der Waals surface area contributed by atoms with E-state index in [4.69, 9.17) is 9.47 Å². The van der Waals surface area contributed by atoms with E-state index in [1.807, 2.05) is 43.3 Å². The zero-order valence-electron chi connectivity index (χ0n) is 24.3. The summed E-state index contributed by atoms with van der Waals surface area (Å²) in [6.07, 6.45) is 9.31. The van der Waals surface area contributed by atoms with E-state index in [-0.39, 0.29) is 26.0 Å². The number of unbranched alkanes of at least 4 members (excludes halogenated alkanes) is 1. The number of carboxylic acid groups (broad SMARTS) is 1. The molecule has 2 aromatic rings. The number of alkyl carbamates (subject to hydrolysis) is 1. The van der Waals surface area contributed by atoms with Crippen LogP contribution in [-0.2, 0) is 19.1 Å². The van der Waals surface area contributed by atoms with E-state index in [2.05, 4.69) is 22.2 Å². The van der Waals surface area contributed by atoms with Crippen molar-refractivity contribution in [2.45, 2.75) is 75.6 Å². The van der Waals surface area contributed by atoms with Crippen LogP contribution in [0, 0.1) is 5.92 Å². The Kier molecular flexibility index (Phi) is 8.98. The average Bonchev–Trinajstić information content (AvgIpc) is 3.56. The van der Waals surface area contributed by atoms with Crippen LogP contribution in [0.3, 0.4) is 0 Å². The normalized spacial score (nSPS) is 28.2. The van der Waals surface area contributed by atoms with E-state index < -0.39 is 53.5 Å². The third kappa shape index (κ3) is 6.50. The summed E-state index contributed by atoms with van der Waals surface area (Å²) in [5.74, 6) is -2.22. The number of aliphatic carboxylic acids is 1. The molecule has 1 aromatic heterocycles. The molecule has 4 bridgehead atoms. The largest absolute Gasteiger partial charge is 0.479 e. The molecule has 1 aromatic carbocycles. The first-order chi connectivity index (χ1) is 20.8. The van der Waals surface area contributed by atoms with Crippen LogP contribution in [0.15, 0.2) is 49.2 Å². The van der Waals surface area contributed by atoms with E-state index in [0.29, 0.717) is 31.6 Å². The highest BCUT2D eigenvalue weighted by atomic mass is 16.5. The zero-order valence-corrected chi connectivity index (χ0v) is 24.3. The lowest BCUT2D eigenvalue weighted by atomic mass is 10.1. The molecule has 3 N–H and O–H groups in total. The van der Waals surface area contributed by atoms with Crippen molar-refractivity contribution < 1.29 is 33.8 Å². The molecule has 2 aliphatic heterocycles. The Balaban J connectivity index is 1.49. The van der Waals surface area contributed by atoms with Gasteiger partial charge in [-0.15, -0.1) is 6.58 Å². The summed E-state index contributed by atoms with van der Waals surface area (Å²) in [7, 11) is 0. The molecule has 2 fully saturated rings. The van der Waals surface area contributed by atoms with Crippen molar-refractivity contribution in [3.63, 3.8) is 0 Å². The number of ether oxygens (including phenoxy) is 2. The fraction of sp³-hybridized carbons (Fsp3) is 0.469. The van der Waals surface area contributed by atoms with Gasteiger partial charge in [0.05, 0.1) is 13.2 Å². The van der Waals surface area contributed by atoms with Crippen LogP contribution in [0.4, 0.5) is 4.79 Å². The molecule has 5 atom stereocenters. The Morgan fingerprint density at radius 3 is 2.88 bits per heavy atom. The molecule has 1 saturated heterocycles. The molecule has 3 aliphatic rings. The van der Waals surface area contributed by atoms with E-state index in [1.165, 1.54) is 11.0 Å². The highest BCUT2D eigenvalue weighted by Gasteiger charge is 2.61. The van der Waals surface area contributed by atoms with Gasteiger partial charge in [0.1, 0.15) is 23.7 Å². The fourth-order valence-electron chi connectivity index (χ4n) is 5.84. The first kappa shape index (κ1) is 30.1. The second kappa shape index (κ2) is 12.8. The Morgan fingerprint density at radius 2 is 2.14 bits per heavy atom. The minimum absolute atomic E-state index is 0.0545. The second-order valence-electron chi connectivity index (χ2n) is 11.4. The first-order valence-corrected chi connectivity index (χ1v) is 14.9. The van der Waals surface area contributed by atoms with Gasteiger partial charge >= 0.3 is 12.1 Å². The topological polar surface area (TPSA) is 147 Å². The number of hydrogen-bond acceptors (Lipinski definition) is 7. The molecule has 1 saturated carbocycles. The van der Waals surface area contributed by atoms with Crippen LogP contribution in [0.1, 0.15) is 57.4 Å². The molecular formula is C32H38N4O7. The number of carbonyl (C=O) groups excluding carboxylic acids is 3. The monoisotopic (exact) mass is 590 g/mol. The number of carboxylic acids is 1. The van der Waals surface area contributed by atoms with E-state index >= 15 is 0 Å². The number of pyridine rings is 1. The summed E-state index contributed by atoms with van der Waals surface area (Å²) in [6.45, 7) is 5.90. The summed E-state index contributed by atoms with van der Waals surface area (Å²) in [5.41, 5.74) is -0.506. The molecule has 11 nitrogen and oxygen atoms in total. The van der Waals surface area contributed by atoms with Crippen LogP contribution >= 0.6 is 0 Å². The molecule has 228 valence electrons. The van der Waals surface area contributed by atoms with E-state index in [1.54, 1.807) is 6.20 Å². The Labute approximate surface area is 250 Å². The Hall–Kier alpha value is -4.41. The molecule has 0 radical (unpaired) electrons. The highest BCUT2D eigenvalue weighted by molar-refractivity contribution is 5.96. The number of benzene rings is 1. The third-order valence-corrected chi connectivity index (χ3v) is 8.40. The number of hydrogen-bond donors (Lipinski definition) is 3. The molecule has 5 rings (SSSR count). The summed E-state index contributed by atoms with van der Waals surface area (Å²) >= 11 is 0. The van der Waals surface area contributed by atoms with Gasteiger partial charge in [-0.2, -0.15) is 0 Å². The number of cyclic esters (lactones) is 1. The number of fused-ring (bicyclic) bond motifs is 3. The summed E-state index contributed by atoms with van der Waals surface area (Å²) in [6, 6.07) is 5.89. The maximum absolute atomic E-state index is 14.0. The van der Waals surface area contributed by atoms with Crippen molar-refractivity contribution >= 4 is 40.7 Å². The number of allylic oxidation sites excluding steroid dienone is 1. The van der Waals surface area contributed by atoms with Crippen molar-refractivity contribution in [3.05, 3.63) is 54.8 Å². The second-order valence-corrected chi connectivity index (χ2v) is 11.4. The lowest BCUT2D eigenvalue weighted by Gasteiger charge is -2.29. The maximum Gasteiger partial charge on any atom is 0.407 e. The van der Waals surface area contributed by atoms with E-state index in [0.717, 1.165) is 22.8 Å². The van der Waals surface area contributed by atoms with E-state index in [9.17, 15) is 24.3 Å². The van der Waals surface area contributed by atoms with Crippen molar-refractivity contribution in [3.8, 4) is 5.88 Å². The SMILES string of the molecule is C=C[C@@H]1CC1(NC(=O)[C@@H]1C[C@@H]2CN1C(=O)[C@H](CCCC)NC(=O)OCCC/C=C/c1ccc3ccnc(c3c1)O2)C(=O)O. The number of aromatic nitrogens is 1. The molecule has 43 heavy (non-hydrogen) atoms. The van der Waals surface area contributed by atoms with Crippen LogP contribution in [0.2, 0.25) is 0 Å². The fourth-order valence-corrected chi connectivity index (χ4v) is 5.84. The Morgan fingerprint density at radius 1 is 1.30 bits per heavy atom. The standard InChI is InChI=1S/C32H38N4O7/c1-3-5-10-25-29(38)36-19-23(17-26(36)27(37)35-32(30(39)40)18-22(32)4-2)43-28-24-16-20(11-12-21(24)13-14-33-28)9-7-6-8-15-42-31(41)34-25/h4,7,9,11-14,16,22-23,25-26H,2-3,5-6,8,10,15,17-19H2,1H3,(H,34,41)(H,35,37)(H,39,40)/b9-7+/t22-,23-,25+,26+,32?/m1/s1. The third-order valence-electron chi connectivity index (χ3n) is 8.40. The molecule has 0 spiro atoms. The Bertz CT molecular complexity index is 1440. The highest BCUT2D eigenvalue weighted by Crippen LogP contribution is 2.45. The van der Waals surface area contributed by atoms with Crippen LogP contribution in [0.25, 0.3) is 16.8 Å². The minimum Gasteiger partial charge on any atom is -0.479 e. The minimum atomic E-state index is -1.45. The van der Waals surface area contributed by atoms with Crippen molar-refractivity contribution in [2.24, 2.45) is 5.92 Å². The molecule has 3 amide bonds. The number of nitrogens with zero attached hydrogens (tertiary/aromatic N) is 2. The molecule has 3 heterocycles. The number of amides is 3. The van der Waals surface area contributed by atoms with Crippen LogP contribution in [-0.4, -0.2) is 75.7 Å². The van der Waals surface area contributed by atoms with Crippen LogP contribution < -0.4 is 15.4 Å². The molecular weight excluding hydrogens is 552 g/mol. The van der Waals surface area contributed by atoms with Crippen molar-refractivity contribution in [1.29, 1.82) is 0 Å². The van der Waals surface area contributed by atoms with Gasteiger partial charge in [-0.05, 0) is 48.8 Å². The summed E-state index contributed by atoms with van der Waals surface area (Å²) in [4.78, 5) is 58.3. The smallest absolute Gasteiger partial charge is 0.407 e. The number of nitrogens with one attached hydrogen (secondary N) is 2. The summed E-state index contributed by atoms with van der Waals surface area (Å²) in [5, 5.41) is 17.0. The zero-order chi connectivity index (χ0) is 30.6. The first-order valence-electron chi connectivity index (χ1n) is 14.9. The maximum atomic E-state index is 14.0. The molecule has 1 unspecified atom stereocenters.